The molecule has 0 saturated heterocycles. The highest BCUT2D eigenvalue weighted by atomic mass is 16.3. The van der Waals surface area contributed by atoms with Crippen molar-refractivity contribution in [1.29, 1.82) is 0 Å². The van der Waals surface area contributed by atoms with E-state index in [2.05, 4.69) is 20.8 Å². The molecule has 0 spiro atoms. The summed E-state index contributed by atoms with van der Waals surface area (Å²) in [6, 6.07) is 1.95. The summed E-state index contributed by atoms with van der Waals surface area (Å²) < 4.78 is 5.15. The molecule has 1 N–H and O–H groups in total. The molecule has 3 nitrogen and oxygen atoms in total. The summed E-state index contributed by atoms with van der Waals surface area (Å²) in [7, 11) is 0. The molecule has 3 heteroatoms. The van der Waals surface area contributed by atoms with Crippen LogP contribution in [0.25, 0.3) is 0 Å². The minimum atomic E-state index is -0.930. The van der Waals surface area contributed by atoms with Crippen LogP contribution in [0.2, 0.25) is 0 Å². The Labute approximate surface area is 138 Å². The van der Waals surface area contributed by atoms with Gasteiger partial charge in [-0.3, -0.25) is 4.79 Å². The smallest absolute Gasteiger partial charge is 0.160 e. The highest BCUT2D eigenvalue weighted by molar-refractivity contribution is 5.95. The lowest BCUT2D eigenvalue weighted by Gasteiger charge is -2.59. The van der Waals surface area contributed by atoms with Crippen molar-refractivity contribution < 1.29 is 14.3 Å². The van der Waals surface area contributed by atoms with Gasteiger partial charge in [-0.2, -0.15) is 0 Å². The number of aryl methyl sites for hydroxylation is 1. The maximum Gasteiger partial charge on any atom is 0.160 e. The first-order valence-electron chi connectivity index (χ1n) is 8.67. The van der Waals surface area contributed by atoms with Crippen LogP contribution in [0.5, 0.6) is 0 Å². The molecule has 1 aromatic rings. The molecule has 0 aliphatic heterocycles. The lowest BCUT2D eigenvalue weighted by Crippen LogP contribution is -2.61. The van der Waals surface area contributed by atoms with Gasteiger partial charge >= 0.3 is 0 Å². The van der Waals surface area contributed by atoms with Crippen LogP contribution in [0.1, 0.15) is 58.9 Å². The third kappa shape index (κ3) is 2.40. The van der Waals surface area contributed by atoms with E-state index in [0.29, 0.717) is 6.42 Å². The number of aliphatic hydroxyl groups is 1. The van der Waals surface area contributed by atoms with Gasteiger partial charge < -0.3 is 9.52 Å². The molecule has 2 aliphatic rings. The van der Waals surface area contributed by atoms with Crippen molar-refractivity contribution in [2.75, 3.05) is 0 Å². The van der Waals surface area contributed by atoms with E-state index in [1.807, 2.05) is 13.0 Å². The molecule has 0 aromatic carbocycles. The molecule has 0 unspecified atom stereocenters. The number of rotatable bonds is 3. The van der Waals surface area contributed by atoms with Crippen LogP contribution in [-0.4, -0.2) is 16.5 Å². The summed E-state index contributed by atoms with van der Waals surface area (Å²) in [5.41, 5.74) is 0.528. The fourth-order valence-corrected chi connectivity index (χ4v) is 5.32. The molecule has 3 rings (SSSR count). The van der Waals surface area contributed by atoms with Gasteiger partial charge in [-0.05, 0) is 61.3 Å². The number of ketones is 1. The van der Waals surface area contributed by atoms with Crippen LogP contribution in [0, 0.1) is 16.7 Å². The molecular weight excluding hydrogens is 288 g/mol. The molecular formula is C20H28O3. The Morgan fingerprint density at radius 2 is 2.04 bits per heavy atom. The second kappa shape index (κ2) is 5.34. The maximum atomic E-state index is 12.8. The molecule has 0 bridgehead atoms. The first-order chi connectivity index (χ1) is 10.7. The predicted molar refractivity (Wildman–Crippen MR) is 90.0 cm³/mol. The first kappa shape index (κ1) is 16.5. The maximum absolute atomic E-state index is 12.8. The monoisotopic (exact) mass is 316 g/mol. The Kier molecular flexibility index (Phi) is 3.83. The standard InChI is InChI=1S/C20H28O3/c1-14-12-16(21)17-18(2,3)8-5-9-19(17,4)20(14,22)10-6-15-7-11-23-13-15/h7,11-13,17,22H,5-6,8-10H2,1-4H3/t17-,19-,20-/m0/s1. The van der Waals surface area contributed by atoms with Gasteiger partial charge in [0.25, 0.3) is 0 Å². The minimum absolute atomic E-state index is 0.0646. The van der Waals surface area contributed by atoms with Crippen molar-refractivity contribution >= 4 is 5.78 Å². The summed E-state index contributed by atoms with van der Waals surface area (Å²) in [6.45, 7) is 8.40. The molecule has 1 aromatic heterocycles. The number of hydrogen-bond acceptors (Lipinski definition) is 3. The molecule has 0 radical (unpaired) electrons. The predicted octanol–water partition coefficient (Wildman–Crippen LogP) is 4.30. The lowest BCUT2D eigenvalue weighted by molar-refractivity contribution is -0.163. The third-order valence-corrected chi connectivity index (χ3v) is 6.53. The summed E-state index contributed by atoms with van der Waals surface area (Å²) in [6.07, 6.45) is 9.51. The zero-order valence-corrected chi connectivity index (χ0v) is 14.7. The summed E-state index contributed by atoms with van der Waals surface area (Å²) in [5.74, 6) is 0.0875. The van der Waals surface area contributed by atoms with E-state index in [-0.39, 0.29) is 17.1 Å². The van der Waals surface area contributed by atoms with Crippen molar-refractivity contribution in [2.24, 2.45) is 16.7 Å². The quantitative estimate of drug-likeness (QED) is 0.904. The topological polar surface area (TPSA) is 50.4 Å². The third-order valence-electron chi connectivity index (χ3n) is 6.53. The summed E-state index contributed by atoms with van der Waals surface area (Å²) >= 11 is 0. The molecule has 1 saturated carbocycles. The van der Waals surface area contributed by atoms with Crippen LogP contribution in [-0.2, 0) is 11.2 Å². The Bertz CT molecular complexity index is 625. The van der Waals surface area contributed by atoms with Crippen LogP contribution >= 0.6 is 0 Å². The van der Waals surface area contributed by atoms with Crippen LogP contribution in [0.15, 0.2) is 34.7 Å². The number of furan rings is 1. The van der Waals surface area contributed by atoms with E-state index in [1.54, 1.807) is 18.6 Å². The van der Waals surface area contributed by atoms with Gasteiger partial charge in [-0.1, -0.05) is 27.2 Å². The molecule has 1 heterocycles. The van der Waals surface area contributed by atoms with Gasteiger partial charge in [0.1, 0.15) is 0 Å². The van der Waals surface area contributed by atoms with Gasteiger partial charge in [0.2, 0.25) is 0 Å². The van der Waals surface area contributed by atoms with Crippen LogP contribution in [0.3, 0.4) is 0 Å². The van der Waals surface area contributed by atoms with E-state index < -0.39 is 11.0 Å². The Morgan fingerprint density at radius 1 is 1.30 bits per heavy atom. The zero-order chi connectivity index (χ0) is 16.9. The summed E-state index contributed by atoms with van der Waals surface area (Å²) in [5, 5.41) is 11.7. The second-order valence-corrected chi connectivity index (χ2v) is 8.41. The van der Waals surface area contributed by atoms with Crippen molar-refractivity contribution in [3.8, 4) is 0 Å². The number of fused-ring (bicyclic) bond motifs is 1. The highest BCUT2D eigenvalue weighted by Gasteiger charge is 2.61. The molecule has 2 aliphatic carbocycles. The van der Waals surface area contributed by atoms with Crippen molar-refractivity contribution in [3.05, 3.63) is 35.8 Å². The van der Waals surface area contributed by atoms with E-state index in [4.69, 9.17) is 4.42 Å². The average molecular weight is 316 g/mol. The lowest BCUT2D eigenvalue weighted by atomic mass is 9.46. The van der Waals surface area contributed by atoms with E-state index in [0.717, 1.165) is 36.8 Å². The SMILES string of the molecule is CC1=CC(=O)[C@H]2C(C)(C)CCC[C@]2(C)[C@]1(O)CCc1ccoc1. The fourth-order valence-electron chi connectivity index (χ4n) is 5.32. The van der Waals surface area contributed by atoms with E-state index in [9.17, 15) is 9.90 Å². The minimum Gasteiger partial charge on any atom is -0.472 e. The highest BCUT2D eigenvalue weighted by Crippen LogP contribution is 2.61. The molecule has 0 amide bonds. The van der Waals surface area contributed by atoms with Crippen LogP contribution in [0.4, 0.5) is 0 Å². The average Bonchev–Trinajstić information content (AvgIpc) is 2.95. The van der Waals surface area contributed by atoms with Crippen molar-refractivity contribution in [3.63, 3.8) is 0 Å². The molecule has 23 heavy (non-hydrogen) atoms. The fraction of sp³-hybridized carbons (Fsp3) is 0.650. The number of allylic oxidation sites excluding steroid dienone is 1. The van der Waals surface area contributed by atoms with Crippen molar-refractivity contribution in [2.45, 2.75) is 65.4 Å². The number of hydrogen-bond donors (Lipinski definition) is 1. The van der Waals surface area contributed by atoms with Gasteiger partial charge in [0, 0.05) is 11.3 Å². The van der Waals surface area contributed by atoms with Crippen LogP contribution < -0.4 is 0 Å². The Hall–Kier alpha value is -1.35. The van der Waals surface area contributed by atoms with Gasteiger partial charge in [-0.25, -0.2) is 0 Å². The van der Waals surface area contributed by atoms with Gasteiger partial charge in [0.15, 0.2) is 5.78 Å². The number of carbonyl (C=O) groups excluding carboxylic acids is 1. The first-order valence-corrected chi connectivity index (χ1v) is 8.67. The normalized spacial score (nSPS) is 36.5. The molecule has 3 atom stereocenters. The van der Waals surface area contributed by atoms with Crippen molar-refractivity contribution in [1.82, 2.24) is 0 Å². The van der Waals surface area contributed by atoms with E-state index in [1.165, 1.54) is 0 Å². The largest absolute Gasteiger partial charge is 0.472 e. The Morgan fingerprint density at radius 3 is 2.70 bits per heavy atom. The number of carbonyl (C=O) groups is 1. The Balaban J connectivity index is 2.00. The second-order valence-electron chi connectivity index (χ2n) is 8.41. The summed E-state index contributed by atoms with van der Waals surface area (Å²) in [4.78, 5) is 12.8. The van der Waals surface area contributed by atoms with E-state index >= 15 is 0 Å². The van der Waals surface area contributed by atoms with Gasteiger partial charge in [-0.15, -0.1) is 0 Å². The molecule has 126 valence electrons. The van der Waals surface area contributed by atoms with Gasteiger partial charge in [0.05, 0.1) is 18.1 Å². The zero-order valence-electron chi connectivity index (χ0n) is 14.7. The molecule has 1 fully saturated rings.